The number of hydrogen-bond acceptors (Lipinski definition) is 0. The van der Waals surface area contributed by atoms with E-state index in [9.17, 15) is 0 Å². The number of nitrogens with zero attached hydrogens (tertiary/aromatic N) is 1. The molecule has 3 N–H and O–H groups in total. The molecule has 3 heterocycles. The molecule has 0 unspecified atom stereocenters. The molecule has 0 aliphatic heterocycles. The van der Waals surface area contributed by atoms with Crippen molar-refractivity contribution in [2.24, 2.45) is 0 Å². The summed E-state index contributed by atoms with van der Waals surface area (Å²) in [4.78, 5) is 10.6. The molecule has 0 saturated heterocycles. The minimum atomic E-state index is 0.919. The van der Waals surface area contributed by atoms with E-state index >= 15 is 0 Å². The quantitative estimate of drug-likeness (QED) is 0.556. The smallest absolute Gasteiger partial charge is 0.119 e. The molecule has 0 aliphatic rings. The van der Waals surface area contributed by atoms with Crippen LogP contribution in [0.3, 0.4) is 0 Å². The van der Waals surface area contributed by atoms with Crippen molar-refractivity contribution in [2.45, 2.75) is 32.7 Å². The molecule has 4 nitrogen and oxygen atoms in total. The molecule has 0 bridgehead atoms. The van der Waals surface area contributed by atoms with Gasteiger partial charge < -0.3 is 19.4 Å². The summed E-state index contributed by atoms with van der Waals surface area (Å²) in [6, 6.07) is 13.1. The van der Waals surface area contributed by atoms with Gasteiger partial charge in [0.25, 0.3) is 0 Å². The second-order valence-electron chi connectivity index (χ2n) is 7.68. The highest BCUT2D eigenvalue weighted by Gasteiger charge is 2.11. The van der Waals surface area contributed by atoms with Crippen molar-refractivity contribution in [2.75, 3.05) is 21.1 Å². The Kier molecular flexibility index (Phi) is 4.67. The van der Waals surface area contributed by atoms with Gasteiger partial charge in [0.1, 0.15) is 6.54 Å². The van der Waals surface area contributed by atoms with Gasteiger partial charge in [-0.25, -0.2) is 0 Å². The van der Waals surface area contributed by atoms with E-state index in [0.29, 0.717) is 0 Å². The van der Waals surface area contributed by atoms with Crippen LogP contribution < -0.4 is 0 Å². The Morgan fingerprint density at radius 1 is 0.625 bits per heavy atom. The van der Waals surface area contributed by atoms with E-state index in [1.165, 1.54) is 34.2 Å². The monoisotopic (exact) mass is 325 g/mol. The molecule has 128 valence electrons. The molecule has 3 rings (SSSR count). The lowest BCUT2D eigenvalue weighted by atomic mass is 10.2. The maximum Gasteiger partial charge on any atom is 0.119 e. The number of quaternary nitrogens is 1. The van der Waals surface area contributed by atoms with Gasteiger partial charge in [-0.05, 0) is 42.8 Å². The van der Waals surface area contributed by atoms with Crippen LogP contribution in [-0.4, -0.2) is 40.6 Å². The molecular weight excluding hydrogens is 296 g/mol. The molecule has 24 heavy (non-hydrogen) atoms. The van der Waals surface area contributed by atoms with Crippen molar-refractivity contribution in [3.8, 4) is 0 Å². The molecule has 0 aromatic carbocycles. The van der Waals surface area contributed by atoms with E-state index in [1.807, 2.05) is 0 Å². The number of aromatic amines is 3. The number of H-pyrrole nitrogens is 3. The van der Waals surface area contributed by atoms with Gasteiger partial charge in [-0.2, -0.15) is 0 Å². The second-order valence-corrected chi connectivity index (χ2v) is 7.68. The van der Waals surface area contributed by atoms with Gasteiger partial charge in [-0.3, -0.25) is 0 Å². The van der Waals surface area contributed by atoms with Crippen LogP contribution in [0.5, 0.6) is 0 Å². The van der Waals surface area contributed by atoms with Crippen LogP contribution in [0.4, 0.5) is 0 Å². The van der Waals surface area contributed by atoms with Crippen LogP contribution >= 0.6 is 0 Å². The summed E-state index contributed by atoms with van der Waals surface area (Å²) in [6.45, 7) is 3.19. The number of rotatable bonds is 7. The largest absolute Gasteiger partial charge is 0.362 e. The summed E-state index contributed by atoms with van der Waals surface area (Å²) in [5, 5.41) is 0. The Morgan fingerprint density at radius 2 is 1.00 bits per heavy atom. The van der Waals surface area contributed by atoms with Crippen LogP contribution in [0.2, 0.25) is 0 Å². The predicted octanol–water partition coefficient (Wildman–Crippen LogP) is 3.62. The molecule has 0 radical (unpaired) electrons. The van der Waals surface area contributed by atoms with E-state index in [0.717, 1.165) is 30.3 Å². The minimum Gasteiger partial charge on any atom is -0.362 e. The lowest BCUT2D eigenvalue weighted by Crippen LogP contribution is -2.33. The van der Waals surface area contributed by atoms with Gasteiger partial charge in [0.2, 0.25) is 0 Å². The predicted molar refractivity (Wildman–Crippen MR) is 99.1 cm³/mol. The van der Waals surface area contributed by atoms with Crippen molar-refractivity contribution in [3.63, 3.8) is 0 Å². The van der Waals surface area contributed by atoms with Gasteiger partial charge in [0, 0.05) is 41.3 Å². The molecule has 4 heteroatoms. The second kappa shape index (κ2) is 6.73. The third-order valence-electron chi connectivity index (χ3n) is 4.21. The standard InChI is InChI=1S/C20H29N4/c1-5-15-6-7-16(21-15)12-17-8-9-18(22-17)13-19-10-11-20(23-19)14-24(2,3)4/h6-11,21-23H,5,12-14H2,1-4H3/q+1. The number of aryl methyl sites for hydroxylation is 1. The van der Waals surface area contributed by atoms with E-state index in [-0.39, 0.29) is 0 Å². The van der Waals surface area contributed by atoms with Crippen molar-refractivity contribution >= 4 is 0 Å². The normalized spacial score (nSPS) is 12.0. The first kappa shape index (κ1) is 16.7. The highest BCUT2D eigenvalue weighted by Crippen LogP contribution is 2.14. The van der Waals surface area contributed by atoms with E-state index in [4.69, 9.17) is 0 Å². The van der Waals surface area contributed by atoms with Crippen molar-refractivity contribution in [3.05, 3.63) is 70.6 Å². The van der Waals surface area contributed by atoms with Crippen molar-refractivity contribution in [1.29, 1.82) is 0 Å². The SMILES string of the molecule is CCc1ccc(Cc2ccc(Cc3ccc(C[N+](C)(C)C)[nH]3)[nH]2)[nH]1. The van der Waals surface area contributed by atoms with Crippen LogP contribution in [0, 0.1) is 0 Å². The first-order valence-electron chi connectivity index (χ1n) is 8.72. The highest BCUT2D eigenvalue weighted by molar-refractivity contribution is 5.25. The first-order chi connectivity index (χ1) is 11.4. The Balaban J connectivity index is 1.61. The maximum atomic E-state index is 3.55. The Labute approximate surface area is 144 Å². The molecule has 0 aliphatic carbocycles. The molecule has 0 fully saturated rings. The fourth-order valence-corrected chi connectivity index (χ4v) is 3.10. The molecule has 0 spiro atoms. The zero-order valence-corrected chi connectivity index (χ0v) is 15.2. The summed E-state index contributed by atoms with van der Waals surface area (Å²) in [7, 11) is 6.63. The Hall–Kier alpha value is -2.20. The Bertz CT molecular complexity index is 783. The van der Waals surface area contributed by atoms with Crippen LogP contribution in [0.1, 0.15) is 41.1 Å². The molecule has 0 atom stereocenters. The lowest BCUT2D eigenvalue weighted by Gasteiger charge is -2.22. The maximum absolute atomic E-state index is 3.55. The molecule has 0 amide bonds. The van der Waals surface area contributed by atoms with Gasteiger partial charge in [0.05, 0.1) is 26.8 Å². The minimum absolute atomic E-state index is 0.919. The van der Waals surface area contributed by atoms with Gasteiger partial charge in [0.15, 0.2) is 0 Å². The van der Waals surface area contributed by atoms with Crippen LogP contribution in [0.15, 0.2) is 36.4 Å². The van der Waals surface area contributed by atoms with Gasteiger partial charge >= 0.3 is 0 Å². The first-order valence-corrected chi connectivity index (χ1v) is 8.72. The van der Waals surface area contributed by atoms with Gasteiger partial charge in [-0.1, -0.05) is 6.92 Å². The topological polar surface area (TPSA) is 47.4 Å². The third kappa shape index (κ3) is 4.42. The van der Waals surface area contributed by atoms with Gasteiger partial charge in [-0.15, -0.1) is 0 Å². The van der Waals surface area contributed by atoms with Crippen LogP contribution in [0.25, 0.3) is 0 Å². The number of hydrogen-bond donors (Lipinski definition) is 3. The van der Waals surface area contributed by atoms with E-state index in [1.54, 1.807) is 0 Å². The number of aromatic nitrogens is 3. The molecular formula is C20H29N4+. The third-order valence-corrected chi connectivity index (χ3v) is 4.21. The zero-order chi connectivity index (χ0) is 17.2. The molecule has 3 aromatic rings. The molecule has 3 aromatic heterocycles. The van der Waals surface area contributed by atoms with Crippen molar-refractivity contribution < 1.29 is 4.48 Å². The Morgan fingerprint density at radius 3 is 1.42 bits per heavy atom. The number of nitrogens with one attached hydrogen (secondary N) is 3. The fourth-order valence-electron chi connectivity index (χ4n) is 3.10. The van der Waals surface area contributed by atoms with Crippen molar-refractivity contribution in [1.82, 2.24) is 15.0 Å². The lowest BCUT2D eigenvalue weighted by molar-refractivity contribution is -0.884. The molecule has 0 saturated carbocycles. The average molecular weight is 325 g/mol. The van der Waals surface area contributed by atoms with Crippen LogP contribution in [-0.2, 0) is 25.8 Å². The highest BCUT2D eigenvalue weighted by atomic mass is 15.3. The van der Waals surface area contributed by atoms with E-state index < -0.39 is 0 Å². The summed E-state index contributed by atoms with van der Waals surface area (Å²) in [5.74, 6) is 0. The summed E-state index contributed by atoms with van der Waals surface area (Å²) >= 11 is 0. The fraction of sp³-hybridized carbons (Fsp3) is 0.400. The average Bonchev–Trinajstić information content (AvgIpc) is 3.21. The summed E-state index contributed by atoms with van der Waals surface area (Å²) < 4.78 is 0.933. The zero-order valence-electron chi connectivity index (χ0n) is 15.2. The summed E-state index contributed by atoms with van der Waals surface area (Å²) in [6.07, 6.45) is 2.90. The summed E-state index contributed by atoms with van der Waals surface area (Å²) in [5.41, 5.74) is 7.64. The van der Waals surface area contributed by atoms with E-state index in [2.05, 4.69) is 79.4 Å².